The van der Waals surface area contributed by atoms with Crippen LogP contribution in [0.3, 0.4) is 0 Å². The Morgan fingerprint density at radius 1 is 1.08 bits per heavy atom. The Morgan fingerprint density at radius 2 is 1.80 bits per heavy atom. The number of fused-ring (bicyclic) bond motifs is 1. The van der Waals surface area contributed by atoms with E-state index in [0.29, 0.717) is 11.5 Å². The molecular weight excluding hydrogens is 320 g/mol. The minimum Gasteiger partial charge on any atom is -0.485 e. The van der Waals surface area contributed by atoms with Crippen molar-refractivity contribution >= 4 is 11.9 Å². The Morgan fingerprint density at radius 3 is 2.56 bits per heavy atom. The van der Waals surface area contributed by atoms with Gasteiger partial charge in [-0.25, -0.2) is 9.97 Å². The van der Waals surface area contributed by atoms with Crippen LogP contribution in [0.2, 0.25) is 0 Å². The van der Waals surface area contributed by atoms with E-state index in [0.717, 1.165) is 31.9 Å². The Bertz CT molecular complexity index is 732. The van der Waals surface area contributed by atoms with Crippen LogP contribution in [0.4, 0.5) is 5.95 Å². The van der Waals surface area contributed by atoms with E-state index >= 15 is 0 Å². The SMILES string of the molecule is O=C(NC1CCN(c2ncccn2)CC1)C1COc2ccccc2O1. The first kappa shape index (κ1) is 15.7. The highest BCUT2D eigenvalue weighted by molar-refractivity contribution is 5.82. The summed E-state index contributed by atoms with van der Waals surface area (Å²) in [5.41, 5.74) is 0. The maximum Gasteiger partial charge on any atom is 0.264 e. The number of rotatable bonds is 3. The number of amides is 1. The van der Waals surface area contributed by atoms with Crippen molar-refractivity contribution in [3.63, 3.8) is 0 Å². The van der Waals surface area contributed by atoms with Gasteiger partial charge in [0, 0.05) is 31.5 Å². The fourth-order valence-corrected chi connectivity index (χ4v) is 3.12. The molecule has 0 bridgehead atoms. The van der Waals surface area contributed by atoms with Crippen LogP contribution >= 0.6 is 0 Å². The van der Waals surface area contributed by atoms with E-state index in [9.17, 15) is 4.79 Å². The third kappa shape index (κ3) is 3.50. The molecule has 1 N–H and O–H groups in total. The van der Waals surface area contributed by atoms with Crippen molar-refractivity contribution in [2.24, 2.45) is 0 Å². The number of carbonyl (C=O) groups excluding carboxylic acids is 1. The van der Waals surface area contributed by atoms with Crippen LogP contribution in [-0.4, -0.2) is 47.7 Å². The lowest BCUT2D eigenvalue weighted by Gasteiger charge is -2.33. The molecule has 1 saturated heterocycles. The molecule has 3 heterocycles. The molecule has 1 aromatic carbocycles. The second-order valence-corrected chi connectivity index (χ2v) is 6.18. The number of benzene rings is 1. The first-order valence-corrected chi connectivity index (χ1v) is 8.50. The molecule has 0 radical (unpaired) electrons. The molecule has 0 spiro atoms. The number of anilines is 1. The predicted molar refractivity (Wildman–Crippen MR) is 91.8 cm³/mol. The molecule has 0 saturated carbocycles. The maximum atomic E-state index is 12.5. The molecule has 1 aromatic heterocycles. The zero-order valence-electron chi connectivity index (χ0n) is 13.8. The summed E-state index contributed by atoms with van der Waals surface area (Å²) in [7, 11) is 0. The summed E-state index contributed by atoms with van der Waals surface area (Å²) in [5, 5.41) is 3.08. The van der Waals surface area contributed by atoms with Gasteiger partial charge in [0.2, 0.25) is 12.1 Å². The zero-order chi connectivity index (χ0) is 17.1. The van der Waals surface area contributed by atoms with Gasteiger partial charge < -0.3 is 19.7 Å². The Hall–Kier alpha value is -2.83. The van der Waals surface area contributed by atoms with E-state index in [4.69, 9.17) is 9.47 Å². The van der Waals surface area contributed by atoms with Crippen molar-refractivity contribution in [3.8, 4) is 11.5 Å². The molecule has 1 fully saturated rings. The number of aromatic nitrogens is 2. The largest absolute Gasteiger partial charge is 0.485 e. The van der Waals surface area contributed by atoms with Crippen molar-refractivity contribution in [1.82, 2.24) is 15.3 Å². The summed E-state index contributed by atoms with van der Waals surface area (Å²) in [4.78, 5) is 23.2. The molecule has 7 heteroatoms. The van der Waals surface area contributed by atoms with E-state index in [2.05, 4.69) is 20.2 Å². The minimum atomic E-state index is -0.606. The molecule has 4 rings (SSSR count). The summed E-state index contributed by atoms with van der Waals surface area (Å²) in [6.45, 7) is 1.87. The number of carbonyl (C=O) groups is 1. The Kier molecular flexibility index (Phi) is 4.37. The maximum absolute atomic E-state index is 12.5. The van der Waals surface area contributed by atoms with Crippen molar-refractivity contribution in [3.05, 3.63) is 42.7 Å². The van der Waals surface area contributed by atoms with Crippen molar-refractivity contribution in [2.75, 3.05) is 24.6 Å². The topological polar surface area (TPSA) is 76.6 Å². The molecule has 2 aliphatic rings. The highest BCUT2D eigenvalue weighted by Crippen LogP contribution is 2.31. The van der Waals surface area contributed by atoms with Gasteiger partial charge in [-0.2, -0.15) is 0 Å². The van der Waals surface area contributed by atoms with Gasteiger partial charge in [0.25, 0.3) is 5.91 Å². The lowest BCUT2D eigenvalue weighted by Crippen LogP contribution is -2.51. The van der Waals surface area contributed by atoms with Gasteiger partial charge in [0.05, 0.1) is 0 Å². The fraction of sp³-hybridized carbons (Fsp3) is 0.389. The lowest BCUT2D eigenvalue weighted by atomic mass is 10.0. The number of nitrogens with zero attached hydrogens (tertiary/aromatic N) is 3. The molecule has 25 heavy (non-hydrogen) atoms. The van der Waals surface area contributed by atoms with Gasteiger partial charge in [-0.05, 0) is 31.0 Å². The van der Waals surface area contributed by atoms with E-state index in [1.165, 1.54) is 0 Å². The predicted octanol–water partition coefficient (Wildman–Crippen LogP) is 1.40. The van der Waals surface area contributed by atoms with Crippen LogP contribution in [0.1, 0.15) is 12.8 Å². The number of ether oxygens (including phenoxy) is 2. The van der Waals surface area contributed by atoms with Crippen LogP contribution in [-0.2, 0) is 4.79 Å². The Balaban J connectivity index is 1.30. The van der Waals surface area contributed by atoms with Crippen LogP contribution in [0.5, 0.6) is 11.5 Å². The van der Waals surface area contributed by atoms with Gasteiger partial charge >= 0.3 is 0 Å². The number of piperidine rings is 1. The minimum absolute atomic E-state index is 0.121. The van der Waals surface area contributed by atoms with Gasteiger partial charge in [-0.3, -0.25) is 4.79 Å². The van der Waals surface area contributed by atoms with Crippen molar-refractivity contribution < 1.29 is 14.3 Å². The normalized spacial score (nSPS) is 20.2. The van der Waals surface area contributed by atoms with Crippen LogP contribution < -0.4 is 19.7 Å². The summed E-state index contributed by atoms with van der Waals surface area (Å²) in [6.07, 6.45) is 4.59. The summed E-state index contributed by atoms with van der Waals surface area (Å²) in [5.74, 6) is 1.92. The van der Waals surface area contributed by atoms with E-state index in [1.807, 2.05) is 24.3 Å². The van der Waals surface area contributed by atoms with Crippen LogP contribution in [0, 0.1) is 0 Å². The molecule has 7 nitrogen and oxygen atoms in total. The molecule has 130 valence electrons. The standard InChI is InChI=1S/C18H20N4O3/c23-17(16-12-24-14-4-1-2-5-15(14)25-16)21-13-6-10-22(11-7-13)18-19-8-3-9-20-18/h1-5,8-9,13,16H,6-7,10-12H2,(H,21,23). The number of hydrogen-bond acceptors (Lipinski definition) is 6. The van der Waals surface area contributed by atoms with Crippen molar-refractivity contribution in [2.45, 2.75) is 25.0 Å². The highest BCUT2D eigenvalue weighted by atomic mass is 16.6. The summed E-state index contributed by atoms with van der Waals surface area (Å²) >= 11 is 0. The molecule has 1 amide bonds. The van der Waals surface area contributed by atoms with Crippen molar-refractivity contribution in [1.29, 1.82) is 0 Å². The molecule has 2 aliphatic heterocycles. The van der Waals surface area contributed by atoms with Gasteiger partial charge in [-0.15, -0.1) is 0 Å². The number of para-hydroxylation sites is 2. The third-order valence-corrected chi connectivity index (χ3v) is 4.48. The van der Waals surface area contributed by atoms with E-state index in [1.54, 1.807) is 18.5 Å². The lowest BCUT2D eigenvalue weighted by molar-refractivity contribution is -0.131. The van der Waals surface area contributed by atoms with E-state index in [-0.39, 0.29) is 18.6 Å². The monoisotopic (exact) mass is 340 g/mol. The number of hydrogen-bond donors (Lipinski definition) is 1. The fourth-order valence-electron chi connectivity index (χ4n) is 3.12. The number of nitrogens with one attached hydrogen (secondary N) is 1. The quantitative estimate of drug-likeness (QED) is 0.910. The van der Waals surface area contributed by atoms with Gasteiger partial charge in [0.15, 0.2) is 11.5 Å². The van der Waals surface area contributed by atoms with Crippen LogP contribution in [0.15, 0.2) is 42.7 Å². The first-order chi connectivity index (χ1) is 12.3. The summed E-state index contributed by atoms with van der Waals surface area (Å²) < 4.78 is 11.4. The smallest absolute Gasteiger partial charge is 0.264 e. The molecule has 1 unspecified atom stereocenters. The molecule has 1 atom stereocenters. The first-order valence-electron chi connectivity index (χ1n) is 8.50. The average Bonchev–Trinajstić information content (AvgIpc) is 2.69. The second kappa shape index (κ2) is 6.96. The Labute approximate surface area is 146 Å². The highest BCUT2D eigenvalue weighted by Gasteiger charge is 2.30. The van der Waals surface area contributed by atoms with Gasteiger partial charge in [0.1, 0.15) is 6.61 Å². The second-order valence-electron chi connectivity index (χ2n) is 6.18. The molecule has 0 aliphatic carbocycles. The molecular formula is C18H20N4O3. The third-order valence-electron chi connectivity index (χ3n) is 4.48. The average molecular weight is 340 g/mol. The van der Waals surface area contributed by atoms with E-state index < -0.39 is 6.10 Å². The molecule has 2 aromatic rings. The summed E-state index contributed by atoms with van der Waals surface area (Å²) in [6, 6.07) is 9.34. The zero-order valence-corrected chi connectivity index (χ0v) is 13.8. The van der Waals surface area contributed by atoms with Crippen LogP contribution in [0.25, 0.3) is 0 Å². The van der Waals surface area contributed by atoms with Gasteiger partial charge in [-0.1, -0.05) is 12.1 Å².